The summed E-state index contributed by atoms with van der Waals surface area (Å²) in [6, 6.07) is 16.9. The highest BCUT2D eigenvalue weighted by atomic mass is 16.5. The molecule has 0 saturated carbocycles. The van der Waals surface area contributed by atoms with Gasteiger partial charge in [0.25, 0.3) is 0 Å². The Kier molecular flexibility index (Phi) is 7.48. The number of amides is 2. The molecule has 8 nitrogen and oxygen atoms in total. The molecule has 0 atom stereocenters. The van der Waals surface area contributed by atoms with Gasteiger partial charge >= 0.3 is 0 Å². The molecule has 1 fully saturated rings. The monoisotopic (exact) mass is 476 g/mol. The third-order valence-electron chi connectivity index (χ3n) is 6.02. The molecule has 1 aliphatic heterocycles. The Bertz CT molecular complexity index is 1130. The molecule has 0 aliphatic carbocycles. The molecule has 0 spiro atoms. The maximum absolute atomic E-state index is 12.8. The average molecular weight is 477 g/mol. The molecule has 184 valence electrons. The summed E-state index contributed by atoms with van der Waals surface area (Å²) in [6.45, 7) is 7.56. The molecule has 1 aliphatic rings. The molecule has 2 amide bonds. The number of aromatic nitrogens is 2. The first-order valence-electron chi connectivity index (χ1n) is 12.0. The Morgan fingerprint density at radius 2 is 1.74 bits per heavy atom. The molecule has 8 heteroatoms. The molecule has 0 bridgehead atoms. The lowest BCUT2D eigenvalue weighted by atomic mass is 9.95. The number of para-hydroxylation sites is 1. The van der Waals surface area contributed by atoms with Crippen LogP contribution in [0.5, 0.6) is 5.75 Å². The number of rotatable bonds is 7. The van der Waals surface area contributed by atoms with E-state index in [-0.39, 0.29) is 23.1 Å². The third kappa shape index (κ3) is 6.47. The highest BCUT2D eigenvalue weighted by molar-refractivity contribution is 5.93. The van der Waals surface area contributed by atoms with Crippen molar-refractivity contribution in [1.82, 2.24) is 15.0 Å². The van der Waals surface area contributed by atoms with Crippen molar-refractivity contribution in [3.05, 3.63) is 60.5 Å². The van der Waals surface area contributed by atoms with Gasteiger partial charge in [-0.3, -0.25) is 9.59 Å². The van der Waals surface area contributed by atoms with E-state index in [0.29, 0.717) is 50.7 Å². The number of carbonyl (C=O) groups is 2. The van der Waals surface area contributed by atoms with Gasteiger partial charge in [-0.25, -0.2) is 0 Å². The minimum atomic E-state index is -0.213. The third-order valence-corrected chi connectivity index (χ3v) is 6.02. The van der Waals surface area contributed by atoms with Crippen molar-refractivity contribution in [3.63, 3.8) is 0 Å². The van der Waals surface area contributed by atoms with Crippen LogP contribution in [0.2, 0.25) is 0 Å². The molecule has 35 heavy (non-hydrogen) atoms. The topological polar surface area (TPSA) is 97.6 Å². The quantitative estimate of drug-likeness (QED) is 0.532. The van der Waals surface area contributed by atoms with E-state index in [2.05, 4.69) is 15.5 Å². The molecule has 2 aromatic carbocycles. The molecule has 2 heterocycles. The Balaban J connectivity index is 1.22. The van der Waals surface area contributed by atoms with Gasteiger partial charge in [0.1, 0.15) is 5.75 Å². The fourth-order valence-electron chi connectivity index (χ4n) is 3.91. The van der Waals surface area contributed by atoms with Crippen LogP contribution in [-0.4, -0.2) is 46.6 Å². The van der Waals surface area contributed by atoms with E-state index < -0.39 is 0 Å². The van der Waals surface area contributed by atoms with Gasteiger partial charge < -0.3 is 19.5 Å². The first-order chi connectivity index (χ1) is 16.8. The Morgan fingerprint density at radius 1 is 1.06 bits per heavy atom. The smallest absolute Gasteiger partial charge is 0.232 e. The fourth-order valence-corrected chi connectivity index (χ4v) is 3.91. The summed E-state index contributed by atoms with van der Waals surface area (Å²) in [5.41, 5.74) is 1.33. The summed E-state index contributed by atoms with van der Waals surface area (Å²) in [5.74, 6) is 1.79. The van der Waals surface area contributed by atoms with Crippen molar-refractivity contribution in [1.29, 1.82) is 0 Å². The molecule has 1 N–H and O–H groups in total. The van der Waals surface area contributed by atoms with E-state index in [4.69, 9.17) is 9.26 Å². The number of nitrogens with one attached hydrogen (secondary N) is 1. The number of benzene rings is 2. The van der Waals surface area contributed by atoms with Gasteiger partial charge in [-0.2, -0.15) is 4.98 Å². The Labute approximate surface area is 205 Å². The van der Waals surface area contributed by atoms with Crippen LogP contribution in [-0.2, 0) is 15.0 Å². The van der Waals surface area contributed by atoms with E-state index in [1.807, 2.05) is 80.3 Å². The molecule has 0 radical (unpaired) electrons. The van der Waals surface area contributed by atoms with Crippen molar-refractivity contribution in [2.24, 2.45) is 5.92 Å². The maximum Gasteiger partial charge on any atom is 0.232 e. The van der Waals surface area contributed by atoms with Crippen molar-refractivity contribution < 1.29 is 18.8 Å². The largest absolute Gasteiger partial charge is 0.493 e. The summed E-state index contributed by atoms with van der Waals surface area (Å²) in [7, 11) is 0. The summed E-state index contributed by atoms with van der Waals surface area (Å²) in [5, 5.41) is 7.05. The number of carbonyl (C=O) groups excluding carboxylic acids is 2. The molecule has 1 aromatic heterocycles. The normalized spacial score (nSPS) is 14.5. The van der Waals surface area contributed by atoms with Crippen LogP contribution >= 0.6 is 0 Å². The van der Waals surface area contributed by atoms with Gasteiger partial charge in [-0.1, -0.05) is 44.1 Å². The average Bonchev–Trinajstić information content (AvgIpc) is 3.36. The van der Waals surface area contributed by atoms with E-state index in [0.717, 1.165) is 17.0 Å². The summed E-state index contributed by atoms with van der Waals surface area (Å²) < 4.78 is 11.0. The first kappa shape index (κ1) is 24.4. The number of ether oxygens (including phenoxy) is 1. The van der Waals surface area contributed by atoms with Crippen LogP contribution in [0.15, 0.2) is 59.1 Å². The Hall–Kier alpha value is -3.68. The molecule has 0 unspecified atom stereocenters. The van der Waals surface area contributed by atoms with Gasteiger partial charge in [-0.15, -0.1) is 0 Å². The predicted octanol–water partition coefficient (Wildman–Crippen LogP) is 4.68. The van der Waals surface area contributed by atoms with Crippen LogP contribution in [0, 0.1) is 5.92 Å². The molecule has 1 saturated heterocycles. The number of likely N-dealkylation sites (tertiary alicyclic amines) is 1. The van der Waals surface area contributed by atoms with E-state index >= 15 is 0 Å². The second kappa shape index (κ2) is 10.7. The highest BCUT2D eigenvalue weighted by Gasteiger charge is 2.27. The van der Waals surface area contributed by atoms with E-state index in [9.17, 15) is 9.59 Å². The standard InChI is InChI=1S/C27H32N4O4/c1-27(2,3)26-29-24(30-35-26)19-9-11-21(12-10-19)28-25(33)20-13-16-31(17-14-20)23(32)15-18-34-22-7-5-4-6-8-22/h4-12,20H,13-18H2,1-3H3,(H,28,33). The predicted molar refractivity (Wildman–Crippen MR) is 133 cm³/mol. The zero-order valence-electron chi connectivity index (χ0n) is 20.5. The van der Waals surface area contributed by atoms with Gasteiger partial charge in [0.15, 0.2) is 0 Å². The van der Waals surface area contributed by atoms with Crippen molar-refractivity contribution in [2.45, 2.75) is 45.4 Å². The zero-order chi connectivity index (χ0) is 24.8. The first-order valence-corrected chi connectivity index (χ1v) is 12.0. The number of piperidine rings is 1. The molecule has 3 aromatic rings. The second-order valence-corrected chi connectivity index (χ2v) is 9.81. The van der Waals surface area contributed by atoms with Crippen LogP contribution < -0.4 is 10.1 Å². The van der Waals surface area contributed by atoms with Crippen molar-refractivity contribution in [2.75, 3.05) is 25.0 Å². The lowest BCUT2D eigenvalue weighted by Gasteiger charge is -2.31. The Morgan fingerprint density at radius 3 is 2.37 bits per heavy atom. The van der Waals surface area contributed by atoms with Crippen LogP contribution in [0.1, 0.15) is 45.9 Å². The number of hydrogen-bond acceptors (Lipinski definition) is 6. The van der Waals surface area contributed by atoms with E-state index in [1.165, 1.54) is 0 Å². The number of anilines is 1. The summed E-state index contributed by atoms with van der Waals surface area (Å²) >= 11 is 0. The van der Waals surface area contributed by atoms with Crippen LogP contribution in [0.4, 0.5) is 5.69 Å². The van der Waals surface area contributed by atoms with Crippen LogP contribution in [0.25, 0.3) is 11.4 Å². The van der Waals surface area contributed by atoms with Gasteiger partial charge in [0, 0.05) is 35.7 Å². The SMILES string of the molecule is CC(C)(C)c1nc(-c2ccc(NC(=O)C3CCN(C(=O)CCOc4ccccc4)CC3)cc2)no1. The highest BCUT2D eigenvalue weighted by Crippen LogP contribution is 2.25. The lowest BCUT2D eigenvalue weighted by Crippen LogP contribution is -2.41. The summed E-state index contributed by atoms with van der Waals surface area (Å²) in [6.07, 6.45) is 1.62. The number of hydrogen-bond donors (Lipinski definition) is 1. The van der Waals surface area contributed by atoms with Gasteiger partial charge in [-0.05, 0) is 49.2 Å². The van der Waals surface area contributed by atoms with Gasteiger partial charge in [0.2, 0.25) is 23.5 Å². The molecular formula is C27H32N4O4. The number of nitrogens with zero attached hydrogens (tertiary/aromatic N) is 3. The van der Waals surface area contributed by atoms with Crippen molar-refractivity contribution >= 4 is 17.5 Å². The minimum absolute atomic E-state index is 0.0214. The lowest BCUT2D eigenvalue weighted by molar-refractivity contribution is -0.135. The zero-order valence-corrected chi connectivity index (χ0v) is 20.5. The van der Waals surface area contributed by atoms with Crippen LogP contribution in [0.3, 0.4) is 0 Å². The maximum atomic E-state index is 12.8. The fraction of sp³-hybridized carbons (Fsp3) is 0.407. The second-order valence-electron chi connectivity index (χ2n) is 9.81. The van der Waals surface area contributed by atoms with E-state index in [1.54, 1.807) is 0 Å². The molecular weight excluding hydrogens is 444 g/mol. The van der Waals surface area contributed by atoms with Gasteiger partial charge in [0.05, 0.1) is 13.0 Å². The summed E-state index contributed by atoms with van der Waals surface area (Å²) in [4.78, 5) is 31.5. The minimum Gasteiger partial charge on any atom is -0.493 e. The molecule has 4 rings (SSSR count). The van der Waals surface area contributed by atoms with Crippen molar-refractivity contribution in [3.8, 4) is 17.1 Å².